The lowest BCUT2D eigenvalue weighted by molar-refractivity contribution is -0.118. The van der Waals surface area contributed by atoms with E-state index in [4.69, 9.17) is 0 Å². The molecule has 0 aliphatic rings. The molecule has 0 bridgehead atoms. The van der Waals surface area contributed by atoms with Crippen molar-refractivity contribution in [2.24, 2.45) is 0 Å². The smallest absolute Gasteiger partial charge is 0.138 e. The molecule has 0 amide bonds. The molecule has 0 saturated heterocycles. The van der Waals surface area contributed by atoms with Gasteiger partial charge in [0, 0.05) is 10.8 Å². The van der Waals surface area contributed by atoms with E-state index in [0.29, 0.717) is 0 Å². The maximum absolute atomic E-state index is 11.6. The average Bonchev–Trinajstić information content (AvgIpc) is 2.33. The normalized spacial score (nSPS) is 12.6. The Labute approximate surface area is 101 Å². The summed E-state index contributed by atoms with van der Waals surface area (Å²) in [6.07, 6.45) is 0.761. The number of hydrogen-bond acceptors (Lipinski definition) is 3. The standard InChI is InChI=1S/C14H16N2O/c1-4-11(10(3)17)14-13-8-6-5-7-12(13)9(2)15-16-14/h5-8,11H,4H2,1-3H3. The highest BCUT2D eigenvalue weighted by atomic mass is 16.1. The Morgan fingerprint density at radius 2 is 1.88 bits per heavy atom. The van der Waals surface area contributed by atoms with Crippen LogP contribution in [0.1, 0.15) is 37.6 Å². The summed E-state index contributed by atoms with van der Waals surface area (Å²) in [6.45, 7) is 5.56. The number of hydrogen-bond donors (Lipinski definition) is 0. The predicted octanol–water partition coefficient (Wildman–Crippen LogP) is 3.02. The Balaban J connectivity index is 2.70. The second-order valence-electron chi connectivity index (χ2n) is 4.29. The molecule has 3 heteroatoms. The topological polar surface area (TPSA) is 42.9 Å². The van der Waals surface area contributed by atoms with E-state index < -0.39 is 0 Å². The Morgan fingerprint density at radius 3 is 2.47 bits per heavy atom. The molecule has 0 aliphatic heterocycles. The van der Waals surface area contributed by atoms with Crippen LogP contribution in [0.3, 0.4) is 0 Å². The van der Waals surface area contributed by atoms with Gasteiger partial charge in [-0.1, -0.05) is 31.2 Å². The molecule has 0 radical (unpaired) electrons. The van der Waals surface area contributed by atoms with Gasteiger partial charge >= 0.3 is 0 Å². The van der Waals surface area contributed by atoms with Crippen molar-refractivity contribution in [3.8, 4) is 0 Å². The van der Waals surface area contributed by atoms with Gasteiger partial charge in [-0.05, 0) is 20.3 Å². The first-order valence-corrected chi connectivity index (χ1v) is 5.87. The fourth-order valence-corrected chi connectivity index (χ4v) is 2.19. The highest BCUT2D eigenvalue weighted by Crippen LogP contribution is 2.27. The Bertz CT molecular complexity index is 563. The van der Waals surface area contributed by atoms with Crippen LogP contribution in [0.2, 0.25) is 0 Å². The highest BCUT2D eigenvalue weighted by molar-refractivity contribution is 5.92. The van der Waals surface area contributed by atoms with E-state index >= 15 is 0 Å². The molecule has 1 atom stereocenters. The van der Waals surface area contributed by atoms with Crippen LogP contribution >= 0.6 is 0 Å². The minimum atomic E-state index is -0.145. The number of nitrogens with zero attached hydrogens (tertiary/aromatic N) is 2. The lowest BCUT2D eigenvalue weighted by Gasteiger charge is -2.13. The quantitative estimate of drug-likeness (QED) is 0.811. The zero-order valence-electron chi connectivity index (χ0n) is 10.4. The van der Waals surface area contributed by atoms with E-state index in [1.807, 2.05) is 38.1 Å². The minimum Gasteiger partial charge on any atom is -0.299 e. The molecule has 0 saturated carbocycles. The zero-order chi connectivity index (χ0) is 12.4. The van der Waals surface area contributed by atoms with Gasteiger partial charge in [0.05, 0.1) is 17.3 Å². The number of carbonyl (C=O) groups is 1. The first-order valence-electron chi connectivity index (χ1n) is 5.87. The van der Waals surface area contributed by atoms with Gasteiger partial charge in [0.1, 0.15) is 5.78 Å². The fraction of sp³-hybridized carbons (Fsp3) is 0.357. The molecule has 0 aliphatic carbocycles. The van der Waals surface area contributed by atoms with Crippen molar-refractivity contribution < 1.29 is 4.79 Å². The molecule has 17 heavy (non-hydrogen) atoms. The molecule has 88 valence electrons. The molecular weight excluding hydrogens is 212 g/mol. The van der Waals surface area contributed by atoms with Crippen molar-refractivity contribution in [2.75, 3.05) is 0 Å². The summed E-state index contributed by atoms with van der Waals surface area (Å²) in [4.78, 5) is 11.6. The van der Waals surface area contributed by atoms with Crippen LogP contribution in [-0.2, 0) is 4.79 Å². The molecular formula is C14H16N2O. The summed E-state index contributed by atoms with van der Waals surface area (Å²) in [6, 6.07) is 7.99. The SMILES string of the molecule is CCC(C(C)=O)c1nnc(C)c2ccccc12. The van der Waals surface area contributed by atoms with E-state index in [-0.39, 0.29) is 11.7 Å². The van der Waals surface area contributed by atoms with Gasteiger partial charge in [0.15, 0.2) is 0 Å². The fourth-order valence-electron chi connectivity index (χ4n) is 2.19. The second-order valence-corrected chi connectivity index (χ2v) is 4.29. The molecule has 0 N–H and O–H groups in total. The van der Waals surface area contributed by atoms with E-state index in [1.54, 1.807) is 6.92 Å². The molecule has 0 spiro atoms. The third-order valence-electron chi connectivity index (χ3n) is 3.13. The number of aryl methyl sites for hydroxylation is 1. The maximum atomic E-state index is 11.6. The Hall–Kier alpha value is -1.77. The van der Waals surface area contributed by atoms with Crippen LogP contribution in [0.25, 0.3) is 10.8 Å². The molecule has 1 aromatic carbocycles. The zero-order valence-corrected chi connectivity index (χ0v) is 10.4. The lowest BCUT2D eigenvalue weighted by atomic mass is 9.94. The van der Waals surface area contributed by atoms with Crippen molar-refractivity contribution in [3.63, 3.8) is 0 Å². The number of ketones is 1. The van der Waals surface area contributed by atoms with Gasteiger partial charge in [0.2, 0.25) is 0 Å². The van der Waals surface area contributed by atoms with Crippen molar-refractivity contribution in [1.29, 1.82) is 0 Å². The highest BCUT2D eigenvalue weighted by Gasteiger charge is 2.19. The minimum absolute atomic E-state index is 0.145. The average molecular weight is 228 g/mol. The number of carbonyl (C=O) groups excluding carboxylic acids is 1. The van der Waals surface area contributed by atoms with E-state index in [2.05, 4.69) is 10.2 Å². The number of fused-ring (bicyclic) bond motifs is 1. The van der Waals surface area contributed by atoms with Crippen LogP contribution in [0.4, 0.5) is 0 Å². The van der Waals surface area contributed by atoms with Gasteiger partial charge < -0.3 is 0 Å². The largest absolute Gasteiger partial charge is 0.299 e. The Morgan fingerprint density at radius 1 is 1.24 bits per heavy atom. The van der Waals surface area contributed by atoms with Crippen LogP contribution in [0, 0.1) is 6.92 Å². The second kappa shape index (κ2) is 4.62. The summed E-state index contributed by atoms with van der Waals surface area (Å²) in [5.41, 5.74) is 1.71. The summed E-state index contributed by atoms with van der Waals surface area (Å²) < 4.78 is 0. The first-order chi connectivity index (χ1) is 8.15. The Kier molecular flexibility index (Phi) is 3.18. The molecule has 0 fully saturated rings. The molecule has 2 rings (SSSR count). The van der Waals surface area contributed by atoms with Gasteiger partial charge in [-0.25, -0.2) is 0 Å². The number of aromatic nitrogens is 2. The van der Waals surface area contributed by atoms with Gasteiger partial charge in [-0.3, -0.25) is 4.79 Å². The summed E-state index contributed by atoms with van der Waals surface area (Å²) >= 11 is 0. The van der Waals surface area contributed by atoms with Crippen molar-refractivity contribution in [2.45, 2.75) is 33.1 Å². The third kappa shape index (κ3) is 2.05. The summed E-state index contributed by atoms with van der Waals surface area (Å²) in [5, 5.41) is 10.5. The van der Waals surface area contributed by atoms with Crippen LogP contribution < -0.4 is 0 Å². The number of rotatable bonds is 3. The van der Waals surface area contributed by atoms with Gasteiger partial charge in [0.25, 0.3) is 0 Å². The number of benzene rings is 1. The van der Waals surface area contributed by atoms with Crippen LogP contribution in [0.5, 0.6) is 0 Å². The predicted molar refractivity (Wildman–Crippen MR) is 68.0 cm³/mol. The first kappa shape index (κ1) is 11.7. The van der Waals surface area contributed by atoms with Crippen LogP contribution in [0.15, 0.2) is 24.3 Å². The molecule has 1 heterocycles. The molecule has 2 aromatic rings. The summed E-state index contributed by atoms with van der Waals surface area (Å²) in [5.74, 6) is 0.00352. The van der Waals surface area contributed by atoms with Gasteiger partial charge in [-0.2, -0.15) is 10.2 Å². The summed E-state index contributed by atoms with van der Waals surface area (Å²) in [7, 11) is 0. The van der Waals surface area contributed by atoms with Crippen molar-refractivity contribution in [3.05, 3.63) is 35.7 Å². The monoisotopic (exact) mass is 228 g/mol. The molecule has 3 nitrogen and oxygen atoms in total. The lowest BCUT2D eigenvalue weighted by Crippen LogP contribution is -2.11. The van der Waals surface area contributed by atoms with E-state index in [9.17, 15) is 4.79 Å². The van der Waals surface area contributed by atoms with Crippen molar-refractivity contribution in [1.82, 2.24) is 10.2 Å². The van der Waals surface area contributed by atoms with E-state index in [1.165, 1.54) is 0 Å². The molecule has 1 aromatic heterocycles. The maximum Gasteiger partial charge on any atom is 0.138 e. The van der Waals surface area contributed by atoms with Crippen LogP contribution in [-0.4, -0.2) is 16.0 Å². The molecule has 1 unspecified atom stereocenters. The number of Topliss-reactive ketones (excluding diaryl/α,β-unsaturated/α-hetero) is 1. The van der Waals surface area contributed by atoms with Gasteiger partial charge in [-0.15, -0.1) is 0 Å². The van der Waals surface area contributed by atoms with E-state index in [0.717, 1.165) is 28.6 Å². The third-order valence-corrected chi connectivity index (χ3v) is 3.13. The van der Waals surface area contributed by atoms with Crippen molar-refractivity contribution >= 4 is 16.6 Å².